The number of aliphatic hydroxyl groups is 2. The molecule has 2 N–H and O–H groups in total. The molecule has 0 amide bonds. The average molecular weight is 361 g/mol. The smallest absolute Gasteiger partial charge is 0.0988 e. The maximum atomic E-state index is 9.23. The van der Waals surface area contributed by atoms with Gasteiger partial charge in [-0.3, -0.25) is 9.97 Å². The van der Waals surface area contributed by atoms with Gasteiger partial charge < -0.3 is 10.2 Å². The van der Waals surface area contributed by atoms with E-state index in [0.29, 0.717) is 12.8 Å². The molecule has 0 unspecified atom stereocenters. The molecular weight excluding hydrogens is 340 g/mol. The van der Waals surface area contributed by atoms with Crippen LogP contribution in [0.3, 0.4) is 0 Å². The molecule has 6 heteroatoms. The second-order valence-corrected chi connectivity index (χ2v) is 8.17. The number of aryl methyl sites for hydroxylation is 2. The highest BCUT2D eigenvalue weighted by Crippen LogP contribution is 2.34. The zero-order chi connectivity index (χ0) is 17.1. The first-order valence-electron chi connectivity index (χ1n) is 7.85. The van der Waals surface area contributed by atoms with Crippen LogP contribution < -0.4 is 0 Å². The van der Waals surface area contributed by atoms with Gasteiger partial charge in [0.05, 0.1) is 33.5 Å². The van der Waals surface area contributed by atoms with Crippen LogP contribution >= 0.6 is 22.7 Å². The van der Waals surface area contributed by atoms with Gasteiger partial charge in [-0.15, -0.1) is 22.7 Å². The predicted octanol–water partition coefficient (Wildman–Crippen LogP) is 3.62. The Balaban J connectivity index is 1.94. The Morgan fingerprint density at radius 1 is 0.792 bits per heavy atom. The summed E-state index contributed by atoms with van der Waals surface area (Å²) in [5, 5.41) is 18.5. The summed E-state index contributed by atoms with van der Waals surface area (Å²) in [5.74, 6) is 0. The molecule has 0 saturated carbocycles. The fraction of sp³-hybridized carbons (Fsp3) is 0.333. The standard InChI is InChI=1S/C18H20N2O2S2/c1-11-7-13(3-5-21)17(23-11)15-9-20-16(10-19-15)18-14(4-6-22)8-12(2)24-18/h7-10,21-22H,3-6H2,1-2H3. The third kappa shape index (κ3) is 3.57. The maximum absolute atomic E-state index is 9.23. The van der Waals surface area contributed by atoms with Crippen LogP contribution in [0, 0.1) is 13.8 Å². The van der Waals surface area contributed by atoms with Crippen molar-refractivity contribution >= 4 is 22.7 Å². The van der Waals surface area contributed by atoms with E-state index in [1.54, 1.807) is 35.1 Å². The lowest BCUT2D eigenvalue weighted by Gasteiger charge is -2.04. The summed E-state index contributed by atoms with van der Waals surface area (Å²) in [6, 6.07) is 4.21. The van der Waals surface area contributed by atoms with Gasteiger partial charge in [-0.25, -0.2) is 0 Å². The van der Waals surface area contributed by atoms with Gasteiger partial charge in [-0.1, -0.05) is 0 Å². The van der Waals surface area contributed by atoms with Crippen LogP contribution in [0.2, 0.25) is 0 Å². The topological polar surface area (TPSA) is 66.2 Å². The summed E-state index contributed by atoms with van der Waals surface area (Å²) < 4.78 is 0. The number of nitrogens with zero attached hydrogens (tertiary/aromatic N) is 2. The molecule has 3 aromatic rings. The largest absolute Gasteiger partial charge is 0.396 e. The van der Waals surface area contributed by atoms with Crippen molar-refractivity contribution in [1.29, 1.82) is 0 Å². The average Bonchev–Trinajstić information content (AvgIpc) is 3.11. The molecule has 0 spiro atoms. The van der Waals surface area contributed by atoms with Crippen LogP contribution in [-0.4, -0.2) is 33.4 Å². The molecule has 0 saturated heterocycles. The van der Waals surface area contributed by atoms with E-state index in [1.807, 2.05) is 0 Å². The minimum Gasteiger partial charge on any atom is -0.396 e. The van der Waals surface area contributed by atoms with Gasteiger partial charge in [-0.05, 0) is 49.9 Å². The molecule has 0 aliphatic heterocycles. The molecule has 0 aromatic carbocycles. The normalized spacial score (nSPS) is 11.2. The second-order valence-electron chi connectivity index (χ2n) is 5.66. The third-order valence-corrected chi connectivity index (χ3v) is 5.97. The zero-order valence-corrected chi connectivity index (χ0v) is 15.4. The molecule has 0 aliphatic rings. The van der Waals surface area contributed by atoms with Crippen LogP contribution in [0.4, 0.5) is 0 Å². The van der Waals surface area contributed by atoms with Crippen LogP contribution in [0.25, 0.3) is 21.1 Å². The number of thiophene rings is 2. The fourth-order valence-electron chi connectivity index (χ4n) is 2.74. The molecule has 4 nitrogen and oxygen atoms in total. The number of aliphatic hydroxyl groups excluding tert-OH is 2. The molecule has 24 heavy (non-hydrogen) atoms. The Morgan fingerprint density at radius 3 is 1.54 bits per heavy atom. The van der Waals surface area contributed by atoms with Crippen molar-refractivity contribution in [3.63, 3.8) is 0 Å². The predicted molar refractivity (Wildman–Crippen MR) is 99.7 cm³/mol. The van der Waals surface area contributed by atoms with Gasteiger partial charge in [0.15, 0.2) is 0 Å². The number of aromatic nitrogens is 2. The van der Waals surface area contributed by atoms with Gasteiger partial charge in [-0.2, -0.15) is 0 Å². The van der Waals surface area contributed by atoms with Gasteiger partial charge in [0.2, 0.25) is 0 Å². The van der Waals surface area contributed by atoms with Crippen molar-refractivity contribution in [1.82, 2.24) is 9.97 Å². The monoisotopic (exact) mass is 360 g/mol. The van der Waals surface area contributed by atoms with Gasteiger partial charge in [0.1, 0.15) is 0 Å². The highest BCUT2D eigenvalue weighted by molar-refractivity contribution is 7.16. The van der Waals surface area contributed by atoms with Crippen LogP contribution in [0.15, 0.2) is 24.5 Å². The summed E-state index contributed by atoms with van der Waals surface area (Å²) in [7, 11) is 0. The summed E-state index contributed by atoms with van der Waals surface area (Å²) in [6.45, 7) is 4.39. The van der Waals surface area contributed by atoms with Crippen LogP contribution in [0.5, 0.6) is 0 Å². The SMILES string of the molecule is Cc1cc(CCO)c(-c2cnc(-c3sc(C)cc3CCO)cn2)s1. The Bertz CT molecular complexity index is 753. The van der Waals surface area contributed by atoms with Crippen LogP contribution in [0.1, 0.15) is 20.9 Å². The van der Waals surface area contributed by atoms with E-state index in [4.69, 9.17) is 0 Å². The molecule has 3 aromatic heterocycles. The second kappa shape index (κ2) is 7.53. The lowest BCUT2D eigenvalue weighted by Crippen LogP contribution is -1.94. The van der Waals surface area contributed by atoms with E-state index in [-0.39, 0.29) is 13.2 Å². The molecule has 0 atom stereocenters. The maximum Gasteiger partial charge on any atom is 0.0988 e. The van der Waals surface area contributed by atoms with E-state index in [1.165, 1.54) is 9.75 Å². The molecule has 0 radical (unpaired) electrons. The molecule has 0 aliphatic carbocycles. The first kappa shape index (κ1) is 17.2. The molecule has 0 fully saturated rings. The van der Waals surface area contributed by atoms with Gasteiger partial charge in [0, 0.05) is 23.0 Å². The quantitative estimate of drug-likeness (QED) is 0.705. The molecular formula is C18H20N2O2S2. The van der Waals surface area contributed by atoms with Crippen LogP contribution in [-0.2, 0) is 12.8 Å². The van der Waals surface area contributed by atoms with Crippen molar-refractivity contribution in [2.24, 2.45) is 0 Å². The number of hydrogen-bond acceptors (Lipinski definition) is 6. The Hall–Kier alpha value is -1.60. The Labute approximate surface area is 149 Å². The molecule has 0 bridgehead atoms. The Morgan fingerprint density at radius 2 is 1.21 bits per heavy atom. The highest BCUT2D eigenvalue weighted by atomic mass is 32.1. The van der Waals surface area contributed by atoms with E-state index in [9.17, 15) is 10.2 Å². The lowest BCUT2D eigenvalue weighted by molar-refractivity contribution is 0.299. The van der Waals surface area contributed by atoms with Crippen molar-refractivity contribution < 1.29 is 10.2 Å². The number of hydrogen-bond donors (Lipinski definition) is 2. The summed E-state index contributed by atoms with van der Waals surface area (Å²) in [4.78, 5) is 13.8. The van der Waals surface area contributed by atoms with E-state index in [2.05, 4.69) is 35.9 Å². The molecule has 126 valence electrons. The summed E-state index contributed by atoms with van der Waals surface area (Å²) >= 11 is 3.36. The summed E-state index contributed by atoms with van der Waals surface area (Å²) in [6.07, 6.45) is 4.88. The van der Waals surface area contributed by atoms with Crippen molar-refractivity contribution in [2.45, 2.75) is 26.7 Å². The van der Waals surface area contributed by atoms with E-state index < -0.39 is 0 Å². The van der Waals surface area contributed by atoms with E-state index >= 15 is 0 Å². The fourth-order valence-corrected chi connectivity index (χ4v) is 4.79. The highest BCUT2D eigenvalue weighted by Gasteiger charge is 2.14. The zero-order valence-electron chi connectivity index (χ0n) is 13.7. The number of rotatable bonds is 6. The summed E-state index contributed by atoms with van der Waals surface area (Å²) in [5.41, 5.74) is 3.93. The van der Waals surface area contributed by atoms with E-state index in [0.717, 1.165) is 32.3 Å². The first-order valence-corrected chi connectivity index (χ1v) is 9.48. The molecule has 3 heterocycles. The minimum atomic E-state index is 0.133. The lowest BCUT2D eigenvalue weighted by atomic mass is 10.1. The van der Waals surface area contributed by atoms with Gasteiger partial charge >= 0.3 is 0 Å². The first-order chi connectivity index (χ1) is 11.6. The minimum absolute atomic E-state index is 0.133. The van der Waals surface area contributed by atoms with Crippen molar-refractivity contribution in [2.75, 3.05) is 13.2 Å². The Kier molecular flexibility index (Phi) is 5.40. The third-order valence-electron chi connectivity index (χ3n) is 3.74. The van der Waals surface area contributed by atoms with Crippen molar-refractivity contribution in [3.05, 3.63) is 45.4 Å². The van der Waals surface area contributed by atoms with Crippen molar-refractivity contribution in [3.8, 4) is 21.1 Å². The van der Waals surface area contributed by atoms with Gasteiger partial charge in [0.25, 0.3) is 0 Å². The molecule has 3 rings (SSSR count).